The third-order valence-corrected chi connectivity index (χ3v) is 4.43. The molecule has 0 amide bonds. The van der Waals surface area contributed by atoms with Crippen molar-refractivity contribution in [3.8, 4) is 11.5 Å². The summed E-state index contributed by atoms with van der Waals surface area (Å²) < 4.78 is 11.2. The normalized spacial score (nSPS) is 16.6. The lowest BCUT2D eigenvalue weighted by Gasteiger charge is -2.29. The number of fused-ring (bicyclic) bond motifs is 2. The minimum absolute atomic E-state index is 0.582. The molecule has 2 aliphatic heterocycles. The maximum absolute atomic E-state index is 5.62. The zero-order valence-corrected chi connectivity index (χ0v) is 14.8. The summed E-state index contributed by atoms with van der Waals surface area (Å²) in [6.45, 7) is 8.82. The predicted molar refractivity (Wildman–Crippen MR) is 96.6 cm³/mol. The van der Waals surface area contributed by atoms with Gasteiger partial charge in [-0.25, -0.2) is 9.97 Å². The van der Waals surface area contributed by atoms with Crippen LogP contribution in [0.1, 0.15) is 25.1 Å². The number of hydrogen-bond donors (Lipinski definition) is 1. The molecule has 4 rings (SSSR count). The number of aromatic nitrogens is 2. The van der Waals surface area contributed by atoms with Gasteiger partial charge in [-0.1, -0.05) is 13.8 Å². The highest BCUT2D eigenvalue weighted by atomic mass is 16.6. The van der Waals surface area contributed by atoms with E-state index in [2.05, 4.69) is 29.0 Å². The first-order valence-corrected chi connectivity index (χ1v) is 8.91. The van der Waals surface area contributed by atoms with Gasteiger partial charge >= 0.3 is 0 Å². The third-order valence-electron chi connectivity index (χ3n) is 4.43. The van der Waals surface area contributed by atoms with E-state index in [4.69, 9.17) is 14.5 Å². The lowest BCUT2D eigenvalue weighted by Crippen LogP contribution is -2.34. The Kier molecular flexibility index (Phi) is 4.44. The molecule has 0 fully saturated rings. The lowest BCUT2D eigenvalue weighted by atomic mass is 10.1. The number of nitrogens with zero attached hydrogens (tertiary/aromatic N) is 3. The van der Waals surface area contributed by atoms with Crippen molar-refractivity contribution in [1.82, 2.24) is 14.9 Å². The van der Waals surface area contributed by atoms with E-state index in [1.54, 1.807) is 0 Å². The standard InChI is InChI=1S/C19H24N4O2/c1-13(2)11-23-6-5-16-14(12-23)10-20-19(22-16)21-15-3-4-17-18(9-15)25-8-7-24-17/h3-4,9-10,13H,5-8,11-12H2,1-2H3,(H,20,21,22). The largest absolute Gasteiger partial charge is 0.486 e. The molecule has 1 aromatic carbocycles. The minimum Gasteiger partial charge on any atom is -0.486 e. The van der Waals surface area contributed by atoms with Crippen molar-refractivity contribution >= 4 is 11.6 Å². The molecule has 6 heteroatoms. The molecule has 132 valence electrons. The zero-order chi connectivity index (χ0) is 17.2. The fourth-order valence-electron chi connectivity index (χ4n) is 3.36. The van der Waals surface area contributed by atoms with Crippen molar-refractivity contribution in [3.63, 3.8) is 0 Å². The van der Waals surface area contributed by atoms with Crippen molar-refractivity contribution in [3.05, 3.63) is 35.7 Å². The number of nitrogens with one attached hydrogen (secondary N) is 1. The molecule has 0 saturated carbocycles. The molecule has 0 unspecified atom stereocenters. The molecule has 0 spiro atoms. The van der Waals surface area contributed by atoms with Crippen LogP contribution in [0.3, 0.4) is 0 Å². The Morgan fingerprint density at radius 3 is 2.88 bits per heavy atom. The number of rotatable bonds is 4. The topological polar surface area (TPSA) is 59.5 Å². The van der Waals surface area contributed by atoms with Crippen molar-refractivity contribution in [2.24, 2.45) is 5.92 Å². The zero-order valence-electron chi connectivity index (χ0n) is 14.8. The molecular weight excluding hydrogens is 316 g/mol. The van der Waals surface area contributed by atoms with Crippen LogP contribution in [-0.2, 0) is 13.0 Å². The second-order valence-corrected chi connectivity index (χ2v) is 7.03. The first-order valence-electron chi connectivity index (χ1n) is 8.91. The lowest BCUT2D eigenvalue weighted by molar-refractivity contribution is 0.171. The maximum Gasteiger partial charge on any atom is 0.227 e. The Morgan fingerprint density at radius 1 is 1.20 bits per heavy atom. The van der Waals surface area contributed by atoms with Crippen LogP contribution in [-0.4, -0.2) is 41.2 Å². The average Bonchev–Trinajstić information content (AvgIpc) is 2.61. The van der Waals surface area contributed by atoms with E-state index in [0.717, 1.165) is 48.9 Å². The van der Waals surface area contributed by atoms with Crippen molar-refractivity contribution in [1.29, 1.82) is 0 Å². The molecule has 2 aromatic rings. The molecule has 1 N–H and O–H groups in total. The van der Waals surface area contributed by atoms with E-state index in [9.17, 15) is 0 Å². The van der Waals surface area contributed by atoms with Gasteiger partial charge in [-0.2, -0.15) is 0 Å². The third kappa shape index (κ3) is 3.69. The molecule has 0 radical (unpaired) electrons. The van der Waals surface area contributed by atoms with Crippen molar-refractivity contribution < 1.29 is 9.47 Å². The fourth-order valence-corrected chi connectivity index (χ4v) is 3.36. The highest BCUT2D eigenvalue weighted by Crippen LogP contribution is 2.33. The van der Waals surface area contributed by atoms with Crippen LogP contribution in [0.15, 0.2) is 24.4 Å². The summed E-state index contributed by atoms with van der Waals surface area (Å²) in [5, 5.41) is 3.28. The van der Waals surface area contributed by atoms with Crippen molar-refractivity contribution in [2.75, 3.05) is 31.6 Å². The quantitative estimate of drug-likeness (QED) is 0.923. The van der Waals surface area contributed by atoms with Gasteiger partial charge in [0.2, 0.25) is 5.95 Å². The summed E-state index contributed by atoms with van der Waals surface area (Å²) in [6, 6.07) is 5.81. The van der Waals surface area contributed by atoms with E-state index in [1.807, 2.05) is 24.4 Å². The number of benzene rings is 1. The Balaban J connectivity index is 1.48. The number of anilines is 2. The molecule has 3 heterocycles. The molecule has 2 aliphatic rings. The van der Waals surface area contributed by atoms with Crippen LogP contribution >= 0.6 is 0 Å². The van der Waals surface area contributed by atoms with Gasteiger partial charge in [0.05, 0.1) is 5.69 Å². The summed E-state index contributed by atoms with van der Waals surface area (Å²) in [5.74, 6) is 2.86. The highest BCUT2D eigenvalue weighted by Gasteiger charge is 2.19. The second kappa shape index (κ2) is 6.88. The number of ether oxygens (including phenoxy) is 2. The van der Waals surface area contributed by atoms with E-state index >= 15 is 0 Å². The smallest absolute Gasteiger partial charge is 0.227 e. The first kappa shape index (κ1) is 16.1. The number of hydrogen-bond acceptors (Lipinski definition) is 6. The van der Waals surface area contributed by atoms with Crippen LogP contribution in [0.4, 0.5) is 11.6 Å². The van der Waals surface area contributed by atoms with Crippen LogP contribution in [0, 0.1) is 5.92 Å². The summed E-state index contributed by atoms with van der Waals surface area (Å²) in [4.78, 5) is 11.7. The van der Waals surface area contributed by atoms with Gasteiger partial charge in [0, 0.05) is 49.6 Å². The van der Waals surface area contributed by atoms with Crippen LogP contribution in [0.5, 0.6) is 11.5 Å². The predicted octanol–water partition coefficient (Wildman–Crippen LogP) is 3.01. The van der Waals surface area contributed by atoms with Gasteiger partial charge < -0.3 is 14.8 Å². The van der Waals surface area contributed by atoms with Gasteiger partial charge in [0.15, 0.2) is 11.5 Å². The van der Waals surface area contributed by atoms with Gasteiger partial charge in [0.1, 0.15) is 13.2 Å². The second-order valence-electron chi connectivity index (χ2n) is 7.03. The minimum atomic E-state index is 0.582. The molecule has 0 bridgehead atoms. The van der Waals surface area contributed by atoms with Gasteiger partial charge in [-0.3, -0.25) is 4.90 Å². The summed E-state index contributed by atoms with van der Waals surface area (Å²) in [5.41, 5.74) is 3.29. The van der Waals surface area contributed by atoms with Crippen LogP contribution in [0.25, 0.3) is 0 Å². The average molecular weight is 340 g/mol. The Hall–Kier alpha value is -2.34. The van der Waals surface area contributed by atoms with Gasteiger partial charge in [-0.05, 0) is 18.1 Å². The summed E-state index contributed by atoms with van der Waals surface area (Å²) in [6.07, 6.45) is 2.93. The molecule has 25 heavy (non-hydrogen) atoms. The van der Waals surface area contributed by atoms with Gasteiger partial charge in [-0.15, -0.1) is 0 Å². The first-order chi connectivity index (χ1) is 12.2. The highest BCUT2D eigenvalue weighted by molar-refractivity contribution is 5.60. The maximum atomic E-state index is 5.62. The fraction of sp³-hybridized carbons (Fsp3) is 0.474. The molecule has 0 saturated heterocycles. The summed E-state index contributed by atoms with van der Waals surface area (Å²) in [7, 11) is 0. The Morgan fingerprint density at radius 2 is 2.04 bits per heavy atom. The SMILES string of the molecule is CC(C)CN1CCc2nc(Nc3ccc4c(c3)OCCO4)ncc2C1. The van der Waals surface area contributed by atoms with E-state index in [0.29, 0.717) is 25.1 Å². The van der Waals surface area contributed by atoms with Crippen LogP contribution < -0.4 is 14.8 Å². The molecule has 0 atom stereocenters. The molecule has 0 aliphatic carbocycles. The molecular formula is C19H24N4O2. The van der Waals surface area contributed by atoms with Crippen molar-refractivity contribution in [2.45, 2.75) is 26.8 Å². The Labute approximate surface area is 148 Å². The van der Waals surface area contributed by atoms with Gasteiger partial charge in [0.25, 0.3) is 0 Å². The monoisotopic (exact) mass is 340 g/mol. The van der Waals surface area contributed by atoms with E-state index in [-0.39, 0.29) is 0 Å². The van der Waals surface area contributed by atoms with E-state index < -0.39 is 0 Å². The summed E-state index contributed by atoms with van der Waals surface area (Å²) >= 11 is 0. The Bertz CT molecular complexity index is 763. The molecule has 1 aromatic heterocycles. The van der Waals surface area contributed by atoms with Crippen LogP contribution in [0.2, 0.25) is 0 Å². The molecule has 6 nitrogen and oxygen atoms in total. The van der Waals surface area contributed by atoms with E-state index in [1.165, 1.54) is 5.56 Å².